The quantitative estimate of drug-likeness (QED) is 0.894. The third kappa shape index (κ3) is 5.95. The summed E-state index contributed by atoms with van der Waals surface area (Å²) in [5.74, 6) is -0.0275. The van der Waals surface area contributed by atoms with E-state index in [1.54, 1.807) is 0 Å². The van der Waals surface area contributed by atoms with Gasteiger partial charge in [-0.25, -0.2) is 0 Å². The van der Waals surface area contributed by atoms with Crippen molar-refractivity contribution in [3.05, 3.63) is 35.9 Å². The first-order chi connectivity index (χ1) is 9.96. The largest absolute Gasteiger partial charge is 0.366 e. The minimum absolute atomic E-state index is 0. The molecule has 124 valence electrons. The van der Waals surface area contributed by atoms with Gasteiger partial charge in [-0.2, -0.15) is 0 Å². The summed E-state index contributed by atoms with van der Waals surface area (Å²) < 4.78 is 5.53. The zero-order chi connectivity index (χ0) is 15.3. The van der Waals surface area contributed by atoms with Crippen LogP contribution in [0.3, 0.4) is 0 Å². The van der Waals surface area contributed by atoms with Crippen LogP contribution in [-0.2, 0) is 9.53 Å². The Morgan fingerprint density at radius 3 is 2.59 bits per heavy atom. The lowest BCUT2D eigenvalue weighted by Crippen LogP contribution is -2.48. The first-order valence-corrected chi connectivity index (χ1v) is 7.63. The van der Waals surface area contributed by atoms with E-state index in [1.165, 1.54) is 0 Å². The predicted molar refractivity (Wildman–Crippen MR) is 91.3 cm³/mol. The second-order valence-corrected chi connectivity index (χ2v) is 6.80. The Morgan fingerprint density at radius 2 is 2.05 bits per heavy atom. The van der Waals surface area contributed by atoms with Crippen molar-refractivity contribution in [2.75, 3.05) is 19.7 Å². The third-order valence-corrected chi connectivity index (χ3v) is 3.55. The van der Waals surface area contributed by atoms with Crippen LogP contribution in [0.5, 0.6) is 0 Å². The van der Waals surface area contributed by atoms with Gasteiger partial charge in [0.15, 0.2) is 0 Å². The van der Waals surface area contributed by atoms with Crippen LogP contribution in [0, 0.1) is 5.41 Å². The van der Waals surface area contributed by atoms with E-state index < -0.39 is 0 Å². The van der Waals surface area contributed by atoms with E-state index in [9.17, 15) is 4.79 Å². The first kappa shape index (κ1) is 18.9. The van der Waals surface area contributed by atoms with E-state index in [1.807, 2.05) is 18.2 Å². The molecule has 0 aromatic heterocycles. The van der Waals surface area contributed by atoms with Crippen LogP contribution in [0.2, 0.25) is 0 Å². The molecule has 22 heavy (non-hydrogen) atoms. The van der Waals surface area contributed by atoms with Crippen LogP contribution in [0.15, 0.2) is 30.3 Å². The number of halogens is 1. The molecule has 4 nitrogen and oxygen atoms in total. The Hall–Kier alpha value is -1.10. The fourth-order valence-corrected chi connectivity index (χ4v) is 2.55. The van der Waals surface area contributed by atoms with E-state index >= 15 is 0 Å². The van der Waals surface area contributed by atoms with Gasteiger partial charge in [0.2, 0.25) is 0 Å². The Bertz CT molecular complexity index is 453. The zero-order valence-electron chi connectivity index (χ0n) is 13.6. The summed E-state index contributed by atoms with van der Waals surface area (Å²) in [7, 11) is 0. The summed E-state index contributed by atoms with van der Waals surface area (Å²) in [6.45, 7) is 8.55. The monoisotopic (exact) mass is 326 g/mol. The van der Waals surface area contributed by atoms with Gasteiger partial charge >= 0.3 is 0 Å². The van der Waals surface area contributed by atoms with Gasteiger partial charge in [-0.05, 0) is 17.4 Å². The molecule has 0 radical (unpaired) electrons. The lowest BCUT2D eigenvalue weighted by Gasteiger charge is -2.30. The molecule has 1 aromatic carbocycles. The fourth-order valence-electron chi connectivity index (χ4n) is 2.55. The highest BCUT2D eigenvalue weighted by molar-refractivity contribution is 5.85. The highest BCUT2D eigenvalue weighted by Crippen LogP contribution is 2.29. The summed E-state index contributed by atoms with van der Waals surface area (Å²) in [5, 5.41) is 6.35. The van der Waals surface area contributed by atoms with Crippen LogP contribution in [-0.4, -0.2) is 31.7 Å². The third-order valence-electron chi connectivity index (χ3n) is 3.55. The average Bonchev–Trinajstić information content (AvgIpc) is 2.47. The standard InChI is InChI=1S/C17H26N2O2.ClH/c1-17(2,3)11-14(13-7-5-4-6-8-13)19-16(20)15-12-18-9-10-21-15;/h4-8,14-15,18H,9-12H2,1-3H3,(H,19,20);1H. The van der Waals surface area contributed by atoms with Gasteiger partial charge in [0.1, 0.15) is 6.10 Å². The summed E-state index contributed by atoms with van der Waals surface area (Å²) in [4.78, 5) is 12.4. The molecule has 2 rings (SSSR count). The predicted octanol–water partition coefficient (Wildman–Crippen LogP) is 2.69. The van der Waals surface area contributed by atoms with Gasteiger partial charge < -0.3 is 15.4 Å². The Balaban J connectivity index is 0.00000242. The van der Waals surface area contributed by atoms with Crippen molar-refractivity contribution in [3.63, 3.8) is 0 Å². The molecule has 0 spiro atoms. The fraction of sp³-hybridized carbons (Fsp3) is 0.588. The molecule has 1 fully saturated rings. The molecule has 0 saturated carbocycles. The van der Waals surface area contributed by atoms with Crippen LogP contribution in [0.4, 0.5) is 0 Å². The minimum atomic E-state index is -0.384. The molecule has 5 heteroatoms. The Labute approximate surface area is 139 Å². The average molecular weight is 327 g/mol. The van der Waals surface area contributed by atoms with Crippen LogP contribution >= 0.6 is 12.4 Å². The molecule has 1 aliphatic heterocycles. The number of carbonyl (C=O) groups excluding carboxylic acids is 1. The highest BCUT2D eigenvalue weighted by Gasteiger charge is 2.27. The Kier molecular flexibility index (Phi) is 7.33. The number of carbonyl (C=O) groups is 1. The van der Waals surface area contributed by atoms with E-state index in [0.717, 1.165) is 18.5 Å². The van der Waals surface area contributed by atoms with E-state index in [0.29, 0.717) is 13.2 Å². The summed E-state index contributed by atoms with van der Waals surface area (Å²) in [6.07, 6.45) is 0.507. The van der Waals surface area contributed by atoms with Crippen molar-refractivity contribution in [2.24, 2.45) is 5.41 Å². The lowest BCUT2D eigenvalue weighted by molar-refractivity contribution is -0.135. The number of hydrogen-bond acceptors (Lipinski definition) is 3. The maximum atomic E-state index is 12.4. The maximum absolute atomic E-state index is 12.4. The van der Waals surface area contributed by atoms with Gasteiger partial charge in [-0.15, -0.1) is 12.4 Å². The number of amides is 1. The SMILES string of the molecule is CC(C)(C)CC(NC(=O)C1CNCCO1)c1ccccc1.Cl. The van der Waals surface area contributed by atoms with Crippen molar-refractivity contribution >= 4 is 18.3 Å². The number of morpholine rings is 1. The van der Waals surface area contributed by atoms with E-state index in [4.69, 9.17) is 4.74 Å². The van der Waals surface area contributed by atoms with Crippen molar-refractivity contribution in [1.29, 1.82) is 0 Å². The minimum Gasteiger partial charge on any atom is -0.366 e. The normalized spacial score (nSPS) is 19.9. The van der Waals surface area contributed by atoms with Crippen molar-refractivity contribution in [3.8, 4) is 0 Å². The van der Waals surface area contributed by atoms with Crippen molar-refractivity contribution < 1.29 is 9.53 Å². The Morgan fingerprint density at radius 1 is 1.36 bits per heavy atom. The molecule has 1 saturated heterocycles. The van der Waals surface area contributed by atoms with Crippen molar-refractivity contribution in [2.45, 2.75) is 39.3 Å². The molecule has 2 N–H and O–H groups in total. The lowest BCUT2D eigenvalue weighted by atomic mass is 9.85. The highest BCUT2D eigenvalue weighted by atomic mass is 35.5. The zero-order valence-corrected chi connectivity index (χ0v) is 14.4. The number of nitrogens with one attached hydrogen (secondary N) is 2. The van der Waals surface area contributed by atoms with Crippen LogP contribution < -0.4 is 10.6 Å². The number of hydrogen-bond donors (Lipinski definition) is 2. The summed E-state index contributed by atoms with van der Waals surface area (Å²) in [5.41, 5.74) is 1.28. The molecule has 2 atom stereocenters. The molecular formula is C17H27ClN2O2. The van der Waals surface area contributed by atoms with Crippen LogP contribution in [0.1, 0.15) is 38.8 Å². The molecule has 2 unspecified atom stereocenters. The van der Waals surface area contributed by atoms with E-state index in [-0.39, 0.29) is 35.9 Å². The first-order valence-electron chi connectivity index (χ1n) is 7.63. The molecule has 1 aliphatic rings. The van der Waals surface area contributed by atoms with Gasteiger partial charge in [-0.3, -0.25) is 4.79 Å². The van der Waals surface area contributed by atoms with Gasteiger partial charge in [0.05, 0.1) is 12.6 Å². The number of rotatable bonds is 4. The molecule has 1 amide bonds. The molecular weight excluding hydrogens is 300 g/mol. The second-order valence-electron chi connectivity index (χ2n) is 6.80. The topological polar surface area (TPSA) is 50.4 Å². The number of benzene rings is 1. The van der Waals surface area contributed by atoms with Crippen molar-refractivity contribution in [1.82, 2.24) is 10.6 Å². The van der Waals surface area contributed by atoms with Gasteiger partial charge in [-0.1, -0.05) is 51.1 Å². The molecule has 0 bridgehead atoms. The van der Waals surface area contributed by atoms with Crippen LogP contribution in [0.25, 0.3) is 0 Å². The molecule has 1 aromatic rings. The molecule has 1 heterocycles. The molecule has 0 aliphatic carbocycles. The maximum Gasteiger partial charge on any atom is 0.250 e. The second kappa shape index (κ2) is 8.51. The summed E-state index contributed by atoms with van der Waals surface area (Å²) in [6, 6.07) is 10.2. The van der Waals surface area contributed by atoms with Gasteiger partial charge in [0, 0.05) is 13.1 Å². The summed E-state index contributed by atoms with van der Waals surface area (Å²) >= 11 is 0. The smallest absolute Gasteiger partial charge is 0.250 e. The van der Waals surface area contributed by atoms with Gasteiger partial charge in [0.25, 0.3) is 5.91 Å². The number of ether oxygens (including phenoxy) is 1. The van der Waals surface area contributed by atoms with E-state index in [2.05, 4.69) is 43.5 Å².